The van der Waals surface area contributed by atoms with Gasteiger partial charge in [0, 0.05) is 17.3 Å². The summed E-state index contributed by atoms with van der Waals surface area (Å²) in [7, 11) is 1.56. The molecule has 0 amide bonds. The van der Waals surface area contributed by atoms with E-state index in [2.05, 4.69) is 0 Å². The van der Waals surface area contributed by atoms with Gasteiger partial charge < -0.3 is 19.9 Å². The Labute approximate surface area is 111 Å². The number of carbonyl (C=O) groups is 1. The highest BCUT2D eigenvalue weighted by atomic mass is 16.6. The van der Waals surface area contributed by atoms with Crippen molar-refractivity contribution in [2.75, 3.05) is 20.3 Å². The van der Waals surface area contributed by atoms with Crippen LogP contribution in [0.4, 0.5) is 0 Å². The minimum absolute atomic E-state index is 0.0947. The molecule has 0 radical (unpaired) electrons. The first kappa shape index (κ1) is 13.4. The average Bonchev–Trinajstić information content (AvgIpc) is 3.19. The van der Waals surface area contributed by atoms with Crippen LogP contribution in [0.2, 0.25) is 0 Å². The highest BCUT2D eigenvalue weighted by Crippen LogP contribution is 2.30. The molecular formula is C14H17NO4. The highest BCUT2D eigenvalue weighted by molar-refractivity contribution is 5.94. The minimum Gasteiger partial charge on any atom is -0.493 e. The van der Waals surface area contributed by atoms with Gasteiger partial charge in [0.25, 0.3) is 0 Å². The number of carbonyl (C=O) groups excluding carboxylic acids is 1. The van der Waals surface area contributed by atoms with Gasteiger partial charge in [-0.2, -0.15) is 0 Å². The second kappa shape index (κ2) is 5.75. The van der Waals surface area contributed by atoms with Crippen LogP contribution >= 0.6 is 0 Å². The van der Waals surface area contributed by atoms with Crippen LogP contribution < -0.4 is 15.2 Å². The Balaban J connectivity index is 2.16. The van der Waals surface area contributed by atoms with Gasteiger partial charge in [0.2, 0.25) is 0 Å². The van der Waals surface area contributed by atoms with E-state index in [1.54, 1.807) is 25.3 Å². The van der Waals surface area contributed by atoms with Crippen LogP contribution in [0.5, 0.6) is 11.5 Å². The molecule has 0 aromatic heterocycles. The molecule has 0 saturated carbocycles. The van der Waals surface area contributed by atoms with E-state index in [0.29, 0.717) is 23.8 Å². The summed E-state index contributed by atoms with van der Waals surface area (Å²) in [6.07, 6.45) is 1.57. The minimum atomic E-state index is -0.0947. The van der Waals surface area contributed by atoms with E-state index in [4.69, 9.17) is 19.9 Å². The van der Waals surface area contributed by atoms with Crippen molar-refractivity contribution >= 4 is 11.5 Å². The summed E-state index contributed by atoms with van der Waals surface area (Å²) in [5, 5.41) is 0. The standard InChI is InChI=1S/C14H17NO4/c1-9(16)5-12(15)10-3-4-13(14(6-10)17-2)19-8-11-7-18-11/h3-6,11H,7-8,15H2,1-2H3. The predicted octanol–water partition coefficient (Wildman–Crippen LogP) is 1.36. The molecule has 102 valence electrons. The fourth-order valence-electron chi connectivity index (χ4n) is 1.62. The summed E-state index contributed by atoms with van der Waals surface area (Å²) >= 11 is 0. The largest absolute Gasteiger partial charge is 0.493 e. The lowest BCUT2D eigenvalue weighted by Gasteiger charge is -2.11. The molecule has 19 heavy (non-hydrogen) atoms. The zero-order valence-corrected chi connectivity index (χ0v) is 11.0. The molecule has 2 N–H and O–H groups in total. The van der Waals surface area contributed by atoms with Crippen LogP contribution in [0, 0.1) is 0 Å². The van der Waals surface area contributed by atoms with E-state index >= 15 is 0 Å². The van der Waals surface area contributed by atoms with Crippen molar-refractivity contribution in [3.63, 3.8) is 0 Å². The molecule has 2 rings (SSSR count). The zero-order valence-electron chi connectivity index (χ0n) is 11.0. The summed E-state index contributed by atoms with van der Waals surface area (Å²) in [5.74, 6) is 1.12. The number of epoxide rings is 1. The third-order valence-electron chi connectivity index (χ3n) is 2.68. The van der Waals surface area contributed by atoms with E-state index < -0.39 is 0 Å². The maximum atomic E-state index is 11.0. The fraction of sp³-hybridized carbons (Fsp3) is 0.357. The third-order valence-corrected chi connectivity index (χ3v) is 2.68. The first-order valence-corrected chi connectivity index (χ1v) is 6.00. The normalized spacial score (nSPS) is 18.0. The number of allylic oxidation sites excluding steroid dienone is 1. The number of rotatable bonds is 6. The Hall–Kier alpha value is -2.01. The van der Waals surface area contributed by atoms with Gasteiger partial charge in [0.15, 0.2) is 17.3 Å². The topological polar surface area (TPSA) is 74.1 Å². The number of hydrogen-bond acceptors (Lipinski definition) is 5. The zero-order chi connectivity index (χ0) is 13.8. The van der Waals surface area contributed by atoms with Crippen molar-refractivity contribution in [1.29, 1.82) is 0 Å². The maximum Gasteiger partial charge on any atom is 0.161 e. The highest BCUT2D eigenvalue weighted by Gasteiger charge is 2.23. The molecule has 0 bridgehead atoms. The molecule has 5 nitrogen and oxygen atoms in total. The van der Waals surface area contributed by atoms with Crippen LogP contribution in [0.3, 0.4) is 0 Å². The van der Waals surface area contributed by atoms with Crippen molar-refractivity contribution < 1.29 is 19.0 Å². The van der Waals surface area contributed by atoms with Gasteiger partial charge in [-0.1, -0.05) is 0 Å². The van der Waals surface area contributed by atoms with E-state index in [1.807, 2.05) is 0 Å². The van der Waals surface area contributed by atoms with Crippen LogP contribution in [-0.2, 0) is 9.53 Å². The SMILES string of the molecule is COc1cc(C(N)=CC(C)=O)ccc1OCC1CO1. The van der Waals surface area contributed by atoms with Crippen LogP contribution in [0.1, 0.15) is 12.5 Å². The first-order chi connectivity index (χ1) is 9.10. The van der Waals surface area contributed by atoms with Gasteiger partial charge in [-0.15, -0.1) is 0 Å². The Bertz CT molecular complexity index is 506. The Kier molecular flexibility index (Phi) is 4.06. The molecule has 1 fully saturated rings. The summed E-state index contributed by atoms with van der Waals surface area (Å²) in [6.45, 7) is 2.71. The van der Waals surface area contributed by atoms with Crippen LogP contribution in [0.15, 0.2) is 24.3 Å². The maximum absolute atomic E-state index is 11.0. The molecule has 1 aliphatic rings. The molecule has 1 heterocycles. The third kappa shape index (κ3) is 3.72. The Morgan fingerprint density at radius 3 is 2.84 bits per heavy atom. The van der Waals surface area contributed by atoms with Crippen LogP contribution in [-0.4, -0.2) is 32.2 Å². The second-order valence-electron chi connectivity index (χ2n) is 4.34. The lowest BCUT2D eigenvalue weighted by atomic mass is 10.1. The summed E-state index contributed by atoms with van der Waals surface area (Å²) in [5.41, 5.74) is 6.96. The first-order valence-electron chi connectivity index (χ1n) is 6.00. The second-order valence-corrected chi connectivity index (χ2v) is 4.34. The molecule has 1 unspecified atom stereocenters. The number of benzene rings is 1. The van der Waals surface area contributed by atoms with Gasteiger partial charge in [0.1, 0.15) is 12.7 Å². The number of nitrogens with two attached hydrogens (primary N) is 1. The number of methoxy groups -OCH3 is 1. The average molecular weight is 263 g/mol. The van der Waals surface area contributed by atoms with Crippen molar-refractivity contribution in [1.82, 2.24) is 0 Å². The lowest BCUT2D eigenvalue weighted by Crippen LogP contribution is -2.06. The number of hydrogen-bond donors (Lipinski definition) is 1. The number of ether oxygens (including phenoxy) is 3. The van der Waals surface area contributed by atoms with Gasteiger partial charge in [0.05, 0.1) is 13.7 Å². The molecule has 0 aliphatic carbocycles. The fourth-order valence-corrected chi connectivity index (χ4v) is 1.62. The van der Waals surface area contributed by atoms with Gasteiger partial charge in [-0.05, 0) is 25.1 Å². The van der Waals surface area contributed by atoms with E-state index in [1.165, 1.54) is 13.0 Å². The van der Waals surface area contributed by atoms with Crippen LogP contribution in [0.25, 0.3) is 5.70 Å². The molecular weight excluding hydrogens is 246 g/mol. The summed E-state index contributed by atoms with van der Waals surface area (Å²) in [6, 6.07) is 5.32. The van der Waals surface area contributed by atoms with Gasteiger partial charge in [-0.3, -0.25) is 4.79 Å². The lowest BCUT2D eigenvalue weighted by molar-refractivity contribution is -0.112. The molecule has 1 aromatic carbocycles. The van der Waals surface area contributed by atoms with Gasteiger partial charge >= 0.3 is 0 Å². The summed E-state index contributed by atoms with van der Waals surface area (Å²) in [4.78, 5) is 11.0. The molecule has 1 aliphatic heterocycles. The molecule has 1 atom stereocenters. The predicted molar refractivity (Wildman–Crippen MR) is 71.1 cm³/mol. The Morgan fingerprint density at radius 1 is 1.53 bits per heavy atom. The molecule has 1 aromatic rings. The molecule has 5 heteroatoms. The smallest absolute Gasteiger partial charge is 0.161 e. The number of ketones is 1. The van der Waals surface area contributed by atoms with E-state index in [9.17, 15) is 4.79 Å². The van der Waals surface area contributed by atoms with Crippen molar-refractivity contribution in [3.8, 4) is 11.5 Å². The van der Waals surface area contributed by atoms with Crippen molar-refractivity contribution in [3.05, 3.63) is 29.8 Å². The van der Waals surface area contributed by atoms with Crippen molar-refractivity contribution in [2.24, 2.45) is 5.73 Å². The van der Waals surface area contributed by atoms with E-state index in [0.717, 1.165) is 12.2 Å². The summed E-state index contributed by atoms with van der Waals surface area (Å²) < 4.78 is 15.9. The van der Waals surface area contributed by atoms with E-state index in [-0.39, 0.29) is 11.9 Å². The molecule has 0 spiro atoms. The molecule has 1 saturated heterocycles. The Morgan fingerprint density at radius 2 is 2.26 bits per heavy atom. The quantitative estimate of drug-likeness (QED) is 0.619. The monoisotopic (exact) mass is 263 g/mol. The van der Waals surface area contributed by atoms with Gasteiger partial charge in [-0.25, -0.2) is 0 Å². The van der Waals surface area contributed by atoms with Crippen molar-refractivity contribution in [2.45, 2.75) is 13.0 Å².